The Morgan fingerprint density at radius 3 is 2.18 bits per heavy atom. The van der Waals surface area contributed by atoms with Crippen LogP contribution < -0.4 is 14.4 Å². The number of piperazine rings is 1. The number of ether oxygens (including phenoxy) is 2. The van der Waals surface area contributed by atoms with Gasteiger partial charge in [0.25, 0.3) is 5.91 Å². The molecule has 1 amide bonds. The van der Waals surface area contributed by atoms with Gasteiger partial charge < -0.3 is 19.3 Å². The maximum Gasteiger partial charge on any atom is 0.274 e. The molecule has 8 nitrogen and oxygen atoms in total. The summed E-state index contributed by atoms with van der Waals surface area (Å²) in [7, 11) is 0. The van der Waals surface area contributed by atoms with E-state index >= 15 is 0 Å². The molecule has 8 heteroatoms. The zero-order chi connectivity index (χ0) is 26.9. The molecule has 4 rings (SSSR count). The van der Waals surface area contributed by atoms with E-state index in [1.807, 2.05) is 45.9 Å². The van der Waals surface area contributed by atoms with Crippen LogP contribution in [0.15, 0.2) is 54.6 Å². The molecule has 0 atom stereocenters. The Bertz CT molecular complexity index is 1190. The highest BCUT2D eigenvalue weighted by Crippen LogP contribution is 2.29. The molecule has 1 fully saturated rings. The molecule has 1 aliphatic rings. The minimum atomic E-state index is -0.0721. The molecular formula is C30H39N5O3. The zero-order valence-electron chi connectivity index (χ0n) is 23.0. The third-order valence-corrected chi connectivity index (χ3v) is 6.78. The second-order valence-corrected chi connectivity index (χ2v) is 9.28. The van der Waals surface area contributed by atoms with Gasteiger partial charge in [0.1, 0.15) is 11.5 Å². The predicted octanol–water partition coefficient (Wildman–Crippen LogP) is 4.75. The fraction of sp³-hybridized carbons (Fsp3) is 0.433. The van der Waals surface area contributed by atoms with E-state index in [0.29, 0.717) is 32.0 Å². The van der Waals surface area contributed by atoms with Crippen LogP contribution in [0.3, 0.4) is 0 Å². The van der Waals surface area contributed by atoms with E-state index in [1.54, 1.807) is 11.0 Å². The van der Waals surface area contributed by atoms with Crippen LogP contribution in [0.4, 0.5) is 5.82 Å². The van der Waals surface area contributed by atoms with Gasteiger partial charge in [-0.25, -0.2) is 0 Å². The maximum absolute atomic E-state index is 12.5. The average Bonchev–Trinajstić information content (AvgIpc) is 2.95. The molecule has 2 aromatic carbocycles. The van der Waals surface area contributed by atoms with Gasteiger partial charge in [0.2, 0.25) is 0 Å². The van der Waals surface area contributed by atoms with Crippen molar-refractivity contribution in [3.63, 3.8) is 0 Å². The number of anilines is 1. The monoisotopic (exact) mass is 517 g/mol. The van der Waals surface area contributed by atoms with E-state index < -0.39 is 0 Å². The van der Waals surface area contributed by atoms with Crippen molar-refractivity contribution in [3.05, 3.63) is 65.9 Å². The zero-order valence-corrected chi connectivity index (χ0v) is 23.0. The Labute approximate surface area is 226 Å². The van der Waals surface area contributed by atoms with Crippen LogP contribution in [0.5, 0.6) is 11.5 Å². The predicted molar refractivity (Wildman–Crippen MR) is 151 cm³/mol. The van der Waals surface area contributed by atoms with Crippen LogP contribution >= 0.6 is 0 Å². The first-order valence-electron chi connectivity index (χ1n) is 13.6. The molecule has 0 radical (unpaired) electrons. The van der Waals surface area contributed by atoms with Crippen molar-refractivity contribution in [2.75, 3.05) is 57.4 Å². The van der Waals surface area contributed by atoms with E-state index in [9.17, 15) is 4.79 Å². The van der Waals surface area contributed by atoms with Crippen molar-refractivity contribution in [1.29, 1.82) is 0 Å². The molecule has 202 valence electrons. The highest BCUT2D eigenvalue weighted by atomic mass is 16.5. The standard InChI is InChI=1S/C30H39N5O3/c1-5-34(6-2)30(36)28-12-13-29(32-31-28)35-16-14-33(15-17-35)22-23-18-25(21-27(19-23)38-8-4)24-10-9-11-26(20-24)37-7-3/h9-13,18-21H,5-8,14-17,22H2,1-4H3. The van der Waals surface area contributed by atoms with Crippen molar-refractivity contribution in [2.45, 2.75) is 34.2 Å². The van der Waals surface area contributed by atoms with E-state index in [2.05, 4.69) is 50.3 Å². The van der Waals surface area contributed by atoms with Crippen LogP contribution in [0.25, 0.3) is 11.1 Å². The molecule has 3 aromatic rings. The Morgan fingerprint density at radius 1 is 0.816 bits per heavy atom. The summed E-state index contributed by atoms with van der Waals surface area (Å²) in [5.41, 5.74) is 3.86. The van der Waals surface area contributed by atoms with Crippen LogP contribution in [-0.2, 0) is 6.54 Å². The van der Waals surface area contributed by atoms with Crippen LogP contribution in [0.2, 0.25) is 0 Å². The SMILES string of the molecule is CCOc1cccc(-c2cc(CN3CCN(c4ccc(C(=O)N(CC)CC)nn4)CC3)cc(OCC)c2)c1. The molecule has 0 N–H and O–H groups in total. The van der Waals surface area contributed by atoms with Gasteiger partial charge in [0.15, 0.2) is 11.5 Å². The number of benzene rings is 2. The van der Waals surface area contributed by atoms with Crippen LogP contribution in [0.1, 0.15) is 43.7 Å². The quantitative estimate of drug-likeness (QED) is 0.364. The number of carbonyl (C=O) groups is 1. The smallest absolute Gasteiger partial charge is 0.274 e. The van der Waals surface area contributed by atoms with Gasteiger partial charge >= 0.3 is 0 Å². The second kappa shape index (κ2) is 13.2. The number of nitrogens with zero attached hydrogens (tertiary/aromatic N) is 5. The van der Waals surface area contributed by atoms with Gasteiger partial charge in [-0.05, 0) is 86.8 Å². The highest BCUT2D eigenvalue weighted by molar-refractivity contribution is 5.92. The molecule has 0 saturated carbocycles. The summed E-state index contributed by atoms with van der Waals surface area (Å²) in [6, 6.07) is 18.4. The number of hydrogen-bond donors (Lipinski definition) is 0. The third kappa shape index (κ3) is 6.81. The van der Waals surface area contributed by atoms with Gasteiger partial charge in [-0.3, -0.25) is 9.69 Å². The van der Waals surface area contributed by atoms with Crippen molar-refractivity contribution < 1.29 is 14.3 Å². The van der Waals surface area contributed by atoms with Crippen LogP contribution in [-0.4, -0.2) is 78.4 Å². The highest BCUT2D eigenvalue weighted by Gasteiger charge is 2.20. The van der Waals surface area contributed by atoms with Crippen molar-refractivity contribution in [2.24, 2.45) is 0 Å². The van der Waals surface area contributed by atoms with Crippen LogP contribution in [0, 0.1) is 0 Å². The lowest BCUT2D eigenvalue weighted by Crippen LogP contribution is -2.46. The lowest BCUT2D eigenvalue weighted by atomic mass is 10.0. The Balaban J connectivity index is 1.41. The Hall–Kier alpha value is -3.65. The first-order chi connectivity index (χ1) is 18.5. The lowest BCUT2D eigenvalue weighted by Gasteiger charge is -2.35. The molecule has 38 heavy (non-hydrogen) atoms. The lowest BCUT2D eigenvalue weighted by molar-refractivity contribution is 0.0766. The first kappa shape index (κ1) is 27.4. The summed E-state index contributed by atoms with van der Waals surface area (Å²) < 4.78 is 11.6. The van der Waals surface area contributed by atoms with Gasteiger partial charge in [-0.1, -0.05) is 12.1 Å². The molecule has 2 heterocycles. The normalized spacial score (nSPS) is 13.8. The molecule has 0 unspecified atom stereocenters. The molecule has 1 aliphatic heterocycles. The van der Waals surface area contributed by atoms with Gasteiger partial charge in [0.05, 0.1) is 13.2 Å². The first-order valence-corrected chi connectivity index (χ1v) is 13.6. The summed E-state index contributed by atoms with van der Waals surface area (Å²) >= 11 is 0. The van der Waals surface area contributed by atoms with Crippen molar-refractivity contribution in [3.8, 4) is 22.6 Å². The van der Waals surface area contributed by atoms with E-state index in [-0.39, 0.29) is 5.91 Å². The summed E-state index contributed by atoms with van der Waals surface area (Å²) in [5, 5.41) is 8.59. The van der Waals surface area contributed by atoms with Gasteiger partial charge in [-0.2, -0.15) is 0 Å². The minimum absolute atomic E-state index is 0.0721. The summed E-state index contributed by atoms with van der Waals surface area (Å²) in [4.78, 5) is 19.0. The molecule has 0 spiro atoms. The Morgan fingerprint density at radius 2 is 1.53 bits per heavy atom. The molecule has 0 bridgehead atoms. The largest absolute Gasteiger partial charge is 0.494 e. The summed E-state index contributed by atoms with van der Waals surface area (Å²) in [6.45, 7) is 14.9. The topological polar surface area (TPSA) is 71.0 Å². The molecular weight excluding hydrogens is 478 g/mol. The fourth-order valence-electron chi connectivity index (χ4n) is 4.77. The summed E-state index contributed by atoms with van der Waals surface area (Å²) in [5.74, 6) is 2.50. The van der Waals surface area contributed by atoms with Crippen molar-refractivity contribution >= 4 is 11.7 Å². The number of aromatic nitrogens is 2. The minimum Gasteiger partial charge on any atom is -0.494 e. The molecule has 1 saturated heterocycles. The maximum atomic E-state index is 12.5. The number of rotatable bonds is 11. The van der Waals surface area contributed by atoms with Gasteiger partial charge in [-0.15, -0.1) is 10.2 Å². The Kier molecular flexibility index (Phi) is 9.54. The number of carbonyl (C=O) groups excluding carboxylic acids is 1. The fourth-order valence-corrected chi connectivity index (χ4v) is 4.77. The number of amides is 1. The molecule has 1 aromatic heterocycles. The summed E-state index contributed by atoms with van der Waals surface area (Å²) in [6.07, 6.45) is 0. The second-order valence-electron chi connectivity index (χ2n) is 9.28. The average molecular weight is 518 g/mol. The molecule has 0 aliphatic carbocycles. The van der Waals surface area contributed by atoms with E-state index in [1.165, 1.54) is 5.56 Å². The number of hydrogen-bond acceptors (Lipinski definition) is 7. The van der Waals surface area contributed by atoms with E-state index in [0.717, 1.165) is 61.2 Å². The van der Waals surface area contributed by atoms with E-state index in [4.69, 9.17) is 9.47 Å². The van der Waals surface area contributed by atoms with Crippen molar-refractivity contribution in [1.82, 2.24) is 20.0 Å². The van der Waals surface area contributed by atoms with Gasteiger partial charge in [0, 0.05) is 45.8 Å². The third-order valence-electron chi connectivity index (χ3n) is 6.78.